The van der Waals surface area contributed by atoms with Crippen LogP contribution in [0.25, 0.3) is 10.8 Å². The molecule has 33 heavy (non-hydrogen) atoms. The van der Waals surface area contributed by atoms with Crippen molar-refractivity contribution in [3.8, 4) is 5.75 Å². The third kappa shape index (κ3) is 4.47. The topological polar surface area (TPSA) is 51.7 Å². The van der Waals surface area contributed by atoms with Gasteiger partial charge in [0, 0.05) is 36.8 Å². The van der Waals surface area contributed by atoms with Crippen LogP contribution in [0.1, 0.15) is 36.8 Å². The van der Waals surface area contributed by atoms with Gasteiger partial charge in [-0.3, -0.25) is 9.78 Å². The molecule has 2 aliphatic rings. The maximum absolute atomic E-state index is 14.0. The molecule has 1 aliphatic carbocycles. The maximum atomic E-state index is 14.0. The van der Waals surface area contributed by atoms with Crippen molar-refractivity contribution in [1.29, 1.82) is 0 Å². The van der Waals surface area contributed by atoms with Crippen LogP contribution in [-0.4, -0.2) is 49.2 Å². The number of benzene rings is 2. The van der Waals surface area contributed by atoms with E-state index < -0.39 is 5.41 Å². The number of amides is 1. The lowest BCUT2D eigenvalue weighted by atomic mass is 9.77. The van der Waals surface area contributed by atoms with Gasteiger partial charge in [-0.15, -0.1) is 0 Å². The Morgan fingerprint density at radius 2 is 1.94 bits per heavy atom. The van der Waals surface area contributed by atoms with E-state index in [1.807, 2.05) is 30.6 Å². The Labute approximate surface area is 195 Å². The first-order chi connectivity index (χ1) is 16.2. The first-order valence-electron chi connectivity index (χ1n) is 12.0. The van der Waals surface area contributed by atoms with Gasteiger partial charge in [-0.05, 0) is 60.0 Å². The number of nitrogens with zero attached hydrogens (tertiary/aromatic N) is 2. The number of rotatable bonds is 5. The van der Waals surface area contributed by atoms with Crippen LogP contribution in [0.4, 0.5) is 0 Å². The van der Waals surface area contributed by atoms with Crippen LogP contribution in [0.15, 0.2) is 60.9 Å². The second kappa shape index (κ2) is 9.52. The van der Waals surface area contributed by atoms with Gasteiger partial charge in [-0.1, -0.05) is 37.1 Å². The molecule has 1 saturated carbocycles. The highest BCUT2D eigenvalue weighted by Crippen LogP contribution is 2.43. The van der Waals surface area contributed by atoms with Gasteiger partial charge >= 0.3 is 0 Å². The Morgan fingerprint density at radius 3 is 2.73 bits per heavy atom. The summed E-state index contributed by atoms with van der Waals surface area (Å²) in [5.41, 5.74) is 1.97. The fourth-order valence-electron chi connectivity index (χ4n) is 5.60. The van der Waals surface area contributed by atoms with E-state index in [1.54, 1.807) is 7.11 Å². The molecule has 172 valence electrons. The zero-order valence-electron chi connectivity index (χ0n) is 19.3. The Bertz CT molecular complexity index is 1110. The van der Waals surface area contributed by atoms with Crippen LogP contribution in [0.3, 0.4) is 0 Å². The molecule has 2 heterocycles. The molecule has 5 rings (SSSR count). The van der Waals surface area contributed by atoms with Gasteiger partial charge in [0.2, 0.25) is 5.91 Å². The molecule has 3 aromatic rings. The number of aromatic nitrogens is 1. The number of ether oxygens (including phenoxy) is 2. The fraction of sp³-hybridized carbons (Fsp3) is 0.429. The number of carbonyl (C=O) groups excluding carboxylic acids is 1. The van der Waals surface area contributed by atoms with Crippen molar-refractivity contribution in [3.63, 3.8) is 0 Å². The van der Waals surface area contributed by atoms with Crippen molar-refractivity contribution >= 4 is 16.7 Å². The average Bonchev–Trinajstić information content (AvgIpc) is 3.25. The molecular weight excluding hydrogens is 412 g/mol. The van der Waals surface area contributed by atoms with Gasteiger partial charge in [-0.25, -0.2) is 0 Å². The molecule has 1 saturated heterocycles. The minimum Gasteiger partial charge on any atom is -0.497 e. The first kappa shape index (κ1) is 21.9. The number of pyridine rings is 1. The van der Waals surface area contributed by atoms with Crippen LogP contribution < -0.4 is 4.74 Å². The molecule has 0 N–H and O–H groups in total. The van der Waals surface area contributed by atoms with E-state index in [2.05, 4.69) is 40.2 Å². The van der Waals surface area contributed by atoms with E-state index in [0.717, 1.165) is 55.3 Å². The summed E-state index contributed by atoms with van der Waals surface area (Å²) >= 11 is 0. The number of methoxy groups -OCH3 is 1. The fourth-order valence-corrected chi connectivity index (χ4v) is 5.60. The van der Waals surface area contributed by atoms with Crippen molar-refractivity contribution in [2.75, 3.05) is 33.4 Å². The summed E-state index contributed by atoms with van der Waals surface area (Å²) < 4.78 is 11.3. The summed E-state index contributed by atoms with van der Waals surface area (Å²) in [5, 5.41) is 2.35. The first-order valence-corrected chi connectivity index (χ1v) is 12.0. The minimum absolute atomic E-state index is 0.267. The van der Waals surface area contributed by atoms with E-state index in [9.17, 15) is 4.79 Å². The molecule has 1 atom stereocenters. The zero-order chi connectivity index (χ0) is 22.7. The quantitative estimate of drug-likeness (QED) is 0.569. The highest BCUT2D eigenvalue weighted by atomic mass is 16.5. The van der Waals surface area contributed by atoms with Gasteiger partial charge in [-0.2, -0.15) is 0 Å². The molecule has 2 fully saturated rings. The van der Waals surface area contributed by atoms with Crippen molar-refractivity contribution < 1.29 is 14.3 Å². The van der Waals surface area contributed by atoms with E-state index >= 15 is 0 Å². The van der Waals surface area contributed by atoms with E-state index in [0.29, 0.717) is 19.8 Å². The normalized spacial score (nSPS) is 20.5. The van der Waals surface area contributed by atoms with Crippen LogP contribution >= 0.6 is 0 Å². The highest BCUT2D eigenvalue weighted by Gasteiger charge is 2.45. The Balaban J connectivity index is 1.36. The van der Waals surface area contributed by atoms with Gasteiger partial charge in [0.1, 0.15) is 5.75 Å². The van der Waals surface area contributed by atoms with Crippen molar-refractivity contribution in [3.05, 3.63) is 72.1 Å². The van der Waals surface area contributed by atoms with Crippen LogP contribution in [0.2, 0.25) is 0 Å². The number of hydrogen-bond donors (Lipinski definition) is 0. The zero-order valence-corrected chi connectivity index (χ0v) is 19.3. The minimum atomic E-state index is -0.421. The van der Waals surface area contributed by atoms with E-state index in [4.69, 9.17) is 9.47 Å². The molecule has 1 aliphatic heterocycles. The smallest absolute Gasteiger partial charge is 0.233 e. The Morgan fingerprint density at radius 1 is 1.12 bits per heavy atom. The maximum Gasteiger partial charge on any atom is 0.233 e. The van der Waals surface area contributed by atoms with Crippen molar-refractivity contribution in [2.24, 2.45) is 5.92 Å². The van der Waals surface area contributed by atoms with E-state index in [1.165, 1.54) is 10.9 Å². The second-order valence-corrected chi connectivity index (χ2v) is 9.47. The third-order valence-electron chi connectivity index (χ3n) is 7.36. The standard InChI is InChI=1S/C28H32N2O3/c1-32-26-8-6-25(7-9-26)28(11-2-3-12-28)27(31)30-14-15-33-20-22(19-30)16-21-4-5-23-10-13-29-18-24(23)17-21/h4-10,13,17-18,22H,2-3,11-12,14-16,19-20H2,1H3. The van der Waals surface area contributed by atoms with Crippen molar-refractivity contribution in [2.45, 2.75) is 37.5 Å². The highest BCUT2D eigenvalue weighted by molar-refractivity contribution is 5.89. The van der Waals surface area contributed by atoms with Crippen LogP contribution in [0.5, 0.6) is 5.75 Å². The summed E-state index contributed by atoms with van der Waals surface area (Å²) in [7, 11) is 1.68. The largest absolute Gasteiger partial charge is 0.497 e. The number of hydrogen-bond acceptors (Lipinski definition) is 4. The molecular formula is C28H32N2O3. The van der Waals surface area contributed by atoms with E-state index in [-0.39, 0.29) is 11.8 Å². The van der Waals surface area contributed by atoms with Crippen LogP contribution in [0, 0.1) is 5.92 Å². The predicted octanol–water partition coefficient (Wildman–Crippen LogP) is 4.77. The Kier molecular flexibility index (Phi) is 6.32. The molecule has 0 spiro atoms. The molecule has 5 heteroatoms. The SMILES string of the molecule is COc1ccc(C2(C(=O)N3CCOCC(Cc4ccc5ccncc5c4)C3)CCCC2)cc1. The van der Waals surface area contributed by atoms with Gasteiger partial charge in [0.05, 0.1) is 25.7 Å². The van der Waals surface area contributed by atoms with Crippen molar-refractivity contribution in [1.82, 2.24) is 9.88 Å². The van der Waals surface area contributed by atoms with Gasteiger partial charge in [0.25, 0.3) is 0 Å². The number of carbonyl (C=O) groups is 1. The molecule has 2 aromatic carbocycles. The Hall–Kier alpha value is -2.92. The third-order valence-corrected chi connectivity index (χ3v) is 7.36. The summed E-state index contributed by atoms with van der Waals surface area (Å²) in [6.45, 7) is 2.68. The molecule has 1 amide bonds. The van der Waals surface area contributed by atoms with Crippen LogP contribution in [-0.2, 0) is 21.4 Å². The summed E-state index contributed by atoms with van der Waals surface area (Å²) in [6.07, 6.45) is 8.65. The molecule has 0 bridgehead atoms. The van der Waals surface area contributed by atoms with Gasteiger partial charge < -0.3 is 14.4 Å². The average molecular weight is 445 g/mol. The lowest BCUT2D eigenvalue weighted by molar-refractivity contribution is -0.137. The monoisotopic (exact) mass is 444 g/mol. The molecule has 0 radical (unpaired) electrons. The van der Waals surface area contributed by atoms with Gasteiger partial charge in [0.15, 0.2) is 0 Å². The number of fused-ring (bicyclic) bond motifs is 1. The predicted molar refractivity (Wildman–Crippen MR) is 129 cm³/mol. The molecule has 5 nitrogen and oxygen atoms in total. The summed E-state index contributed by atoms with van der Waals surface area (Å²) in [5.74, 6) is 1.37. The molecule has 1 aromatic heterocycles. The second-order valence-electron chi connectivity index (χ2n) is 9.47. The molecule has 1 unspecified atom stereocenters. The summed E-state index contributed by atoms with van der Waals surface area (Å²) in [6, 6.07) is 16.7. The summed E-state index contributed by atoms with van der Waals surface area (Å²) in [4.78, 5) is 20.4. The lowest BCUT2D eigenvalue weighted by Crippen LogP contribution is -2.47. The lowest BCUT2D eigenvalue weighted by Gasteiger charge is -2.35.